The van der Waals surface area contributed by atoms with E-state index < -0.39 is 15.3 Å². The summed E-state index contributed by atoms with van der Waals surface area (Å²) in [6.07, 6.45) is 6.72. The Balaban J connectivity index is 1.41. The molecule has 1 saturated heterocycles. The highest BCUT2D eigenvalue weighted by Crippen LogP contribution is 2.47. The summed E-state index contributed by atoms with van der Waals surface area (Å²) in [6, 6.07) is 13.0. The van der Waals surface area contributed by atoms with Crippen LogP contribution in [0.25, 0.3) is 0 Å². The molecule has 0 unspecified atom stereocenters. The van der Waals surface area contributed by atoms with Crippen LogP contribution >= 0.6 is 0 Å². The quantitative estimate of drug-likeness (QED) is 0.809. The molecule has 1 aromatic carbocycles. The maximum absolute atomic E-state index is 12.9. The first-order valence-corrected chi connectivity index (χ1v) is 11.3. The Morgan fingerprint density at radius 1 is 1.14 bits per heavy atom. The van der Waals surface area contributed by atoms with Gasteiger partial charge in [-0.3, -0.25) is 9.78 Å². The fourth-order valence-electron chi connectivity index (χ4n) is 3.92. The zero-order valence-electron chi connectivity index (χ0n) is 15.8. The molecule has 1 aliphatic heterocycles. The van der Waals surface area contributed by atoms with Crippen LogP contribution in [0.2, 0.25) is 0 Å². The number of carbonyl (C=O) groups is 1. The van der Waals surface area contributed by atoms with Gasteiger partial charge in [0.2, 0.25) is 10.0 Å². The summed E-state index contributed by atoms with van der Waals surface area (Å²) < 4.78 is 28.7. The number of sulfonamides is 1. The SMILES string of the molecule is O=C(c1ccccc1)N1CCC[C@H](S(=O)(=O)NCC2(c3ccncc3)CC2)C1. The predicted molar refractivity (Wildman–Crippen MR) is 107 cm³/mol. The van der Waals surface area contributed by atoms with Crippen LogP contribution in [-0.2, 0) is 15.4 Å². The van der Waals surface area contributed by atoms with Crippen molar-refractivity contribution in [2.75, 3.05) is 19.6 Å². The first-order chi connectivity index (χ1) is 13.5. The smallest absolute Gasteiger partial charge is 0.253 e. The highest BCUT2D eigenvalue weighted by atomic mass is 32.2. The van der Waals surface area contributed by atoms with Crippen LogP contribution in [0.5, 0.6) is 0 Å². The fourth-order valence-corrected chi connectivity index (χ4v) is 5.49. The maximum atomic E-state index is 12.9. The highest BCUT2D eigenvalue weighted by Gasteiger charge is 2.45. The number of nitrogens with zero attached hydrogens (tertiary/aromatic N) is 2. The summed E-state index contributed by atoms with van der Waals surface area (Å²) in [5, 5.41) is -0.567. The van der Waals surface area contributed by atoms with Crippen LogP contribution in [-0.4, -0.2) is 49.1 Å². The van der Waals surface area contributed by atoms with Crippen molar-refractivity contribution in [1.29, 1.82) is 0 Å². The summed E-state index contributed by atoms with van der Waals surface area (Å²) in [4.78, 5) is 18.4. The third-order valence-electron chi connectivity index (χ3n) is 5.88. The van der Waals surface area contributed by atoms with Crippen molar-refractivity contribution < 1.29 is 13.2 Å². The molecule has 6 nitrogen and oxygen atoms in total. The van der Waals surface area contributed by atoms with Crippen LogP contribution in [0.4, 0.5) is 0 Å². The van der Waals surface area contributed by atoms with Crippen molar-refractivity contribution in [3.63, 3.8) is 0 Å². The molecule has 2 aromatic rings. The van der Waals surface area contributed by atoms with Crippen LogP contribution in [0.1, 0.15) is 41.6 Å². The number of amides is 1. The molecule has 0 radical (unpaired) electrons. The minimum atomic E-state index is -3.49. The second-order valence-corrected chi connectivity index (χ2v) is 9.81. The molecule has 2 heterocycles. The van der Waals surface area contributed by atoms with Gasteiger partial charge in [-0.1, -0.05) is 18.2 Å². The first-order valence-electron chi connectivity index (χ1n) is 9.74. The van der Waals surface area contributed by atoms with Gasteiger partial charge in [0.1, 0.15) is 0 Å². The van der Waals surface area contributed by atoms with E-state index in [0.717, 1.165) is 18.4 Å². The molecule has 0 spiro atoms. The molecule has 1 aromatic heterocycles. The number of piperidine rings is 1. The van der Waals surface area contributed by atoms with Crippen molar-refractivity contribution in [3.8, 4) is 0 Å². The Morgan fingerprint density at radius 3 is 2.54 bits per heavy atom. The van der Waals surface area contributed by atoms with Crippen molar-refractivity contribution in [2.45, 2.75) is 36.3 Å². The van der Waals surface area contributed by atoms with Gasteiger partial charge in [-0.25, -0.2) is 13.1 Å². The number of rotatable bonds is 6. The van der Waals surface area contributed by atoms with E-state index in [2.05, 4.69) is 9.71 Å². The fraction of sp³-hybridized carbons (Fsp3) is 0.429. The van der Waals surface area contributed by atoms with Gasteiger partial charge in [-0.2, -0.15) is 0 Å². The lowest BCUT2D eigenvalue weighted by atomic mass is 9.98. The van der Waals surface area contributed by atoms with Gasteiger partial charge in [-0.15, -0.1) is 0 Å². The van der Waals surface area contributed by atoms with Gasteiger partial charge in [0, 0.05) is 43.0 Å². The van der Waals surface area contributed by atoms with E-state index in [9.17, 15) is 13.2 Å². The van der Waals surface area contributed by atoms with Gasteiger partial charge < -0.3 is 4.90 Å². The molecule has 1 N–H and O–H groups in total. The molecule has 1 saturated carbocycles. The minimum Gasteiger partial charge on any atom is -0.337 e. The Morgan fingerprint density at radius 2 is 1.86 bits per heavy atom. The molecule has 1 aliphatic carbocycles. The number of benzene rings is 1. The van der Waals surface area contributed by atoms with Gasteiger partial charge in [0.05, 0.1) is 5.25 Å². The van der Waals surface area contributed by atoms with Crippen LogP contribution in [0, 0.1) is 0 Å². The highest BCUT2D eigenvalue weighted by molar-refractivity contribution is 7.90. The van der Waals surface area contributed by atoms with Gasteiger partial charge >= 0.3 is 0 Å². The molecule has 1 amide bonds. The number of carbonyl (C=O) groups excluding carboxylic acids is 1. The number of hydrogen-bond donors (Lipinski definition) is 1. The lowest BCUT2D eigenvalue weighted by Crippen LogP contribution is -2.49. The molecule has 28 heavy (non-hydrogen) atoms. The van der Waals surface area contributed by atoms with E-state index in [1.165, 1.54) is 0 Å². The molecular formula is C21H25N3O3S. The standard InChI is InChI=1S/C21H25N3O3S/c25-20(17-5-2-1-3-6-17)24-14-4-7-19(15-24)28(26,27)23-16-21(10-11-21)18-8-12-22-13-9-18/h1-3,5-6,8-9,12-13,19,23H,4,7,10-11,14-16H2/t19-/m0/s1. The largest absolute Gasteiger partial charge is 0.337 e. The summed E-state index contributed by atoms with van der Waals surface area (Å²) in [6.45, 7) is 1.24. The second-order valence-electron chi connectivity index (χ2n) is 7.76. The van der Waals surface area contributed by atoms with Crippen LogP contribution < -0.4 is 4.72 Å². The number of pyridine rings is 1. The molecule has 4 rings (SSSR count). The minimum absolute atomic E-state index is 0.101. The van der Waals surface area contributed by atoms with E-state index in [1.54, 1.807) is 29.4 Å². The molecule has 1 atom stereocenters. The zero-order chi connectivity index (χ0) is 19.6. The van der Waals surface area contributed by atoms with Crippen molar-refractivity contribution in [1.82, 2.24) is 14.6 Å². The summed E-state index contributed by atoms with van der Waals surface area (Å²) in [5.74, 6) is -0.101. The lowest BCUT2D eigenvalue weighted by molar-refractivity contribution is 0.0726. The molecular weight excluding hydrogens is 374 g/mol. The Bertz CT molecular complexity index is 928. The Kier molecular flexibility index (Phi) is 5.21. The summed E-state index contributed by atoms with van der Waals surface area (Å²) in [5.41, 5.74) is 1.63. The monoisotopic (exact) mass is 399 g/mol. The van der Waals surface area contributed by atoms with E-state index >= 15 is 0 Å². The van der Waals surface area contributed by atoms with Crippen molar-refractivity contribution >= 4 is 15.9 Å². The second kappa shape index (κ2) is 7.64. The third kappa shape index (κ3) is 3.95. The molecule has 148 valence electrons. The van der Waals surface area contributed by atoms with Crippen molar-refractivity contribution in [2.24, 2.45) is 0 Å². The molecule has 2 fully saturated rings. The van der Waals surface area contributed by atoms with Crippen LogP contribution in [0.15, 0.2) is 54.9 Å². The average molecular weight is 400 g/mol. The third-order valence-corrected chi connectivity index (χ3v) is 7.69. The number of nitrogens with one attached hydrogen (secondary N) is 1. The van der Waals surface area contributed by atoms with E-state index in [0.29, 0.717) is 31.5 Å². The Hall–Kier alpha value is -2.25. The van der Waals surface area contributed by atoms with Gasteiger partial charge in [0.15, 0.2) is 0 Å². The normalized spacial score (nSPS) is 21.3. The van der Waals surface area contributed by atoms with E-state index in [1.807, 2.05) is 30.3 Å². The average Bonchev–Trinajstić information content (AvgIpc) is 3.55. The first kappa shape index (κ1) is 19.1. The molecule has 0 bridgehead atoms. The van der Waals surface area contributed by atoms with Gasteiger partial charge in [-0.05, 0) is 55.5 Å². The van der Waals surface area contributed by atoms with Gasteiger partial charge in [0.25, 0.3) is 5.91 Å². The topological polar surface area (TPSA) is 79.4 Å². The molecule has 2 aliphatic rings. The van der Waals surface area contributed by atoms with E-state index in [4.69, 9.17) is 0 Å². The zero-order valence-corrected chi connectivity index (χ0v) is 16.6. The summed E-state index contributed by atoms with van der Waals surface area (Å²) in [7, 11) is -3.49. The number of likely N-dealkylation sites (tertiary alicyclic amines) is 1. The molecule has 7 heteroatoms. The summed E-state index contributed by atoms with van der Waals surface area (Å²) >= 11 is 0. The predicted octanol–water partition coefficient (Wildman–Crippen LogP) is 2.34. The van der Waals surface area contributed by atoms with E-state index in [-0.39, 0.29) is 17.9 Å². The van der Waals surface area contributed by atoms with Crippen LogP contribution in [0.3, 0.4) is 0 Å². The lowest BCUT2D eigenvalue weighted by Gasteiger charge is -2.33. The Labute approximate surface area is 166 Å². The number of hydrogen-bond acceptors (Lipinski definition) is 4. The maximum Gasteiger partial charge on any atom is 0.253 e. The number of aromatic nitrogens is 1. The van der Waals surface area contributed by atoms with Crippen molar-refractivity contribution in [3.05, 3.63) is 66.0 Å².